The number of aryl methyl sites for hydroxylation is 2. The zero-order valence-electron chi connectivity index (χ0n) is 15.1. The van der Waals surface area contributed by atoms with E-state index in [2.05, 4.69) is 16.2 Å². The fourth-order valence-electron chi connectivity index (χ4n) is 2.37. The third-order valence-electron chi connectivity index (χ3n) is 3.70. The number of hydrogen-bond donors (Lipinski definition) is 3. The van der Waals surface area contributed by atoms with Gasteiger partial charge < -0.3 is 10.1 Å². The SMILES string of the molecule is COc1ccccc1/C=C/C(=O)NNC(=O)CNc1ccc(C)cc1C. The van der Waals surface area contributed by atoms with Crippen LogP contribution in [-0.4, -0.2) is 25.5 Å². The van der Waals surface area contributed by atoms with Crippen LogP contribution >= 0.6 is 0 Å². The van der Waals surface area contributed by atoms with E-state index in [-0.39, 0.29) is 12.5 Å². The van der Waals surface area contributed by atoms with Gasteiger partial charge in [0, 0.05) is 17.3 Å². The van der Waals surface area contributed by atoms with E-state index in [9.17, 15) is 9.59 Å². The molecule has 26 heavy (non-hydrogen) atoms. The van der Waals surface area contributed by atoms with E-state index >= 15 is 0 Å². The zero-order chi connectivity index (χ0) is 18.9. The average Bonchev–Trinajstić information content (AvgIpc) is 2.64. The Morgan fingerprint density at radius 2 is 1.85 bits per heavy atom. The Bertz CT molecular complexity index is 816. The van der Waals surface area contributed by atoms with Crippen LogP contribution in [0.1, 0.15) is 16.7 Å². The van der Waals surface area contributed by atoms with Gasteiger partial charge in [0.15, 0.2) is 0 Å². The summed E-state index contributed by atoms with van der Waals surface area (Å²) in [6.07, 6.45) is 2.95. The van der Waals surface area contributed by atoms with Crippen molar-refractivity contribution in [1.82, 2.24) is 10.9 Å². The number of anilines is 1. The zero-order valence-corrected chi connectivity index (χ0v) is 15.1. The highest BCUT2D eigenvalue weighted by Crippen LogP contribution is 2.18. The second-order valence-corrected chi connectivity index (χ2v) is 5.78. The van der Waals surface area contributed by atoms with Crippen molar-refractivity contribution in [2.45, 2.75) is 13.8 Å². The van der Waals surface area contributed by atoms with E-state index in [1.54, 1.807) is 19.3 Å². The molecule has 0 saturated carbocycles. The van der Waals surface area contributed by atoms with Gasteiger partial charge in [-0.15, -0.1) is 0 Å². The summed E-state index contributed by atoms with van der Waals surface area (Å²) < 4.78 is 5.21. The fraction of sp³-hybridized carbons (Fsp3) is 0.200. The van der Waals surface area contributed by atoms with Crippen molar-refractivity contribution in [2.24, 2.45) is 0 Å². The highest BCUT2D eigenvalue weighted by atomic mass is 16.5. The van der Waals surface area contributed by atoms with Gasteiger partial charge in [-0.3, -0.25) is 20.4 Å². The van der Waals surface area contributed by atoms with Gasteiger partial charge in [0.1, 0.15) is 5.75 Å². The number of carbonyl (C=O) groups is 2. The molecular formula is C20H23N3O3. The van der Waals surface area contributed by atoms with Crippen molar-refractivity contribution in [3.8, 4) is 5.75 Å². The maximum Gasteiger partial charge on any atom is 0.262 e. The summed E-state index contributed by atoms with van der Waals surface area (Å²) in [6.45, 7) is 4.04. The number of carbonyl (C=O) groups excluding carboxylic acids is 2. The molecule has 0 fully saturated rings. The van der Waals surface area contributed by atoms with Crippen molar-refractivity contribution < 1.29 is 14.3 Å². The van der Waals surface area contributed by atoms with Gasteiger partial charge in [-0.2, -0.15) is 0 Å². The fourth-order valence-corrected chi connectivity index (χ4v) is 2.37. The van der Waals surface area contributed by atoms with Gasteiger partial charge >= 0.3 is 0 Å². The summed E-state index contributed by atoms with van der Waals surface area (Å²) in [6, 6.07) is 13.3. The molecule has 0 atom stereocenters. The van der Waals surface area contributed by atoms with Crippen molar-refractivity contribution in [1.29, 1.82) is 0 Å². The number of hydrogen-bond acceptors (Lipinski definition) is 4. The van der Waals surface area contributed by atoms with E-state index in [4.69, 9.17) is 4.74 Å². The minimum absolute atomic E-state index is 0.0560. The molecule has 2 aromatic carbocycles. The standard InChI is InChI=1S/C20H23N3O3/c1-14-8-10-17(15(2)12-14)21-13-20(25)23-22-19(24)11-9-16-6-4-5-7-18(16)26-3/h4-12,21H,13H2,1-3H3,(H,22,24)(H,23,25)/b11-9+. The summed E-state index contributed by atoms with van der Waals surface area (Å²) >= 11 is 0. The van der Waals surface area contributed by atoms with Crippen LogP contribution in [0.15, 0.2) is 48.5 Å². The predicted octanol–water partition coefficient (Wildman–Crippen LogP) is 2.58. The molecule has 0 aliphatic heterocycles. The summed E-state index contributed by atoms with van der Waals surface area (Å²) in [4.78, 5) is 23.7. The Hall–Kier alpha value is -3.28. The van der Waals surface area contributed by atoms with Gasteiger partial charge in [-0.05, 0) is 37.6 Å². The van der Waals surface area contributed by atoms with Gasteiger partial charge in [-0.1, -0.05) is 35.9 Å². The molecular weight excluding hydrogens is 330 g/mol. The number of methoxy groups -OCH3 is 1. The largest absolute Gasteiger partial charge is 0.496 e. The van der Waals surface area contributed by atoms with Crippen LogP contribution in [-0.2, 0) is 9.59 Å². The molecule has 0 aliphatic rings. The van der Waals surface area contributed by atoms with Crippen LogP contribution in [0.5, 0.6) is 5.75 Å². The lowest BCUT2D eigenvalue weighted by Crippen LogP contribution is -2.43. The molecule has 0 bridgehead atoms. The Balaban J connectivity index is 1.79. The van der Waals surface area contributed by atoms with Gasteiger partial charge in [0.25, 0.3) is 11.8 Å². The number of hydrazine groups is 1. The third kappa shape index (κ3) is 5.66. The molecule has 6 nitrogen and oxygen atoms in total. The number of nitrogens with one attached hydrogen (secondary N) is 3. The summed E-state index contributed by atoms with van der Waals surface area (Å²) in [5, 5.41) is 3.04. The molecule has 2 aromatic rings. The number of amides is 2. The van der Waals surface area contributed by atoms with Crippen LogP contribution in [0.2, 0.25) is 0 Å². The molecule has 0 aromatic heterocycles. The Morgan fingerprint density at radius 1 is 1.08 bits per heavy atom. The minimum atomic E-state index is -0.434. The van der Waals surface area contributed by atoms with Crippen LogP contribution in [0, 0.1) is 13.8 Å². The smallest absolute Gasteiger partial charge is 0.262 e. The van der Waals surface area contributed by atoms with Gasteiger partial charge in [0.2, 0.25) is 0 Å². The molecule has 3 N–H and O–H groups in total. The van der Waals surface area contributed by atoms with Crippen LogP contribution in [0.3, 0.4) is 0 Å². The van der Waals surface area contributed by atoms with E-state index in [1.807, 2.05) is 50.2 Å². The Labute approximate surface area is 153 Å². The predicted molar refractivity (Wildman–Crippen MR) is 103 cm³/mol. The molecule has 136 valence electrons. The van der Waals surface area contributed by atoms with Crippen LogP contribution in [0.4, 0.5) is 5.69 Å². The number of benzene rings is 2. The molecule has 2 amide bonds. The summed E-state index contributed by atoms with van der Waals surface area (Å²) in [7, 11) is 1.57. The molecule has 0 heterocycles. The Kier molecular flexibility index (Phi) is 6.79. The first-order chi connectivity index (χ1) is 12.5. The molecule has 0 aliphatic carbocycles. The van der Waals surface area contributed by atoms with E-state index in [0.29, 0.717) is 5.75 Å². The van der Waals surface area contributed by atoms with Crippen LogP contribution < -0.4 is 20.9 Å². The lowest BCUT2D eigenvalue weighted by molar-refractivity contribution is -0.125. The van der Waals surface area contributed by atoms with E-state index in [1.165, 1.54) is 6.08 Å². The van der Waals surface area contributed by atoms with Gasteiger partial charge in [0.05, 0.1) is 13.7 Å². The minimum Gasteiger partial charge on any atom is -0.496 e. The topological polar surface area (TPSA) is 79.5 Å². The molecule has 0 spiro atoms. The van der Waals surface area contributed by atoms with Crippen molar-refractivity contribution in [3.63, 3.8) is 0 Å². The highest BCUT2D eigenvalue weighted by molar-refractivity contribution is 5.93. The first-order valence-corrected chi connectivity index (χ1v) is 8.20. The number of rotatable bonds is 6. The molecule has 0 unspecified atom stereocenters. The maximum absolute atomic E-state index is 11.8. The Morgan fingerprint density at radius 3 is 2.58 bits per heavy atom. The quantitative estimate of drug-likeness (QED) is 0.551. The monoisotopic (exact) mass is 353 g/mol. The molecule has 0 saturated heterocycles. The molecule has 2 rings (SSSR count). The normalized spacial score (nSPS) is 10.4. The highest BCUT2D eigenvalue weighted by Gasteiger charge is 2.04. The summed E-state index contributed by atoms with van der Waals surface area (Å²) in [5.74, 6) is -0.113. The first-order valence-electron chi connectivity index (χ1n) is 8.20. The van der Waals surface area contributed by atoms with E-state index in [0.717, 1.165) is 22.4 Å². The maximum atomic E-state index is 11.8. The summed E-state index contributed by atoms with van der Waals surface area (Å²) in [5.41, 5.74) is 8.58. The second-order valence-electron chi connectivity index (χ2n) is 5.78. The average molecular weight is 353 g/mol. The molecule has 6 heteroatoms. The van der Waals surface area contributed by atoms with Crippen molar-refractivity contribution in [2.75, 3.05) is 19.0 Å². The van der Waals surface area contributed by atoms with Crippen molar-refractivity contribution >= 4 is 23.6 Å². The van der Waals surface area contributed by atoms with Gasteiger partial charge in [-0.25, -0.2) is 0 Å². The van der Waals surface area contributed by atoms with Crippen LogP contribution in [0.25, 0.3) is 6.08 Å². The van der Waals surface area contributed by atoms with Crippen molar-refractivity contribution in [3.05, 3.63) is 65.2 Å². The third-order valence-corrected chi connectivity index (χ3v) is 3.70. The van der Waals surface area contributed by atoms with E-state index < -0.39 is 5.91 Å². The number of para-hydroxylation sites is 1. The lowest BCUT2D eigenvalue weighted by Gasteiger charge is -2.10. The second kappa shape index (κ2) is 9.27. The first kappa shape index (κ1) is 19.1. The lowest BCUT2D eigenvalue weighted by atomic mass is 10.1. The number of ether oxygens (including phenoxy) is 1. The molecule has 0 radical (unpaired) electrons.